The van der Waals surface area contributed by atoms with Crippen LogP contribution in [0.1, 0.15) is 0 Å². The molecule has 7 aromatic rings. The summed E-state index contributed by atoms with van der Waals surface area (Å²) in [5.74, 6) is 0.942. The fraction of sp³-hybridized carbons (Fsp3) is 0. The standard InChI is InChI=1S/C26H13ClN4OS/c27-26-30-24(14-9-10-17-16-6-2-4-8-22(16)33-23(17)11-14)29-25(31-26)19-12-18-15-5-1-3-7-20(15)32-21(18)13-28-19/h1-13H. The number of pyridine rings is 1. The summed E-state index contributed by atoms with van der Waals surface area (Å²) >= 11 is 8.07. The van der Waals surface area contributed by atoms with Gasteiger partial charge in [0.05, 0.1) is 6.20 Å². The Hall–Kier alpha value is -3.87. The summed E-state index contributed by atoms with van der Waals surface area (Å²) in [6.45, 7) is 0. The second-order valence-corrected chi connectivity index (χ2v) is 9.15. The summed E-state index contributed by atoms with van der Waals surface area (Å²) in [5, 5.41) is 4.58. The maximum absolute atomic E-state index is 6.32. The lowest BCUT2D eigenvalue weighted by Gasteiger charge is -2.05. The molecule has 0 saturated heterocycles. The van der Waals surface area contributed by atoms with Crippen molar-refractivity contribution in [3.05, 3.63) is 84.3 Å². The van der Waals surface area contributed by atoms with Gasteiger partial charge in [0.2, 0.25) is 5.28 Å². The Kier molecular flexibility index (Phi) is 4.00. The third-order valence-electron chi connectivity index (χ3n) is 5.74. The molecule has 156 valence electrons. The number of para-hydroxylation sites is 1. The third kappa shape index (κ3) is 2.99. The SMILES string of the molecule is Clc1nc(-c2ccc3c(c2)sc2ccccc23)nc(-c2cc3c(cn2)oc2ccccc23)n1. The highest BCUT2D eigenvalue weighted by Gasteiger charge is 2.15. The normalized spacial score (nSPS) is 11.8. The quantitative estimate of drug-likeness (QED) is 0.264. The van der Waals surface area contributed by atoms with E-state index in [1.165, 1.54) is 20.2 Å². The third-order valence-corrected chi connectivity index (χ3v) is 7.04. The number of aromatic nitrogens is 4. The van der Waals surface area contributed by atoms with Gasteiger partial charge in [0.15, 0.2) is 17.2 Å². The number of rotatable bonds is 2. The van der Waals surface area contributed by atoms with Gasteiger partial charge in [-0.1, -0.05) is 48.5 Å². The molecule has 0 radical (unpaired) electrons. The maximum Gasteiger partial charge on any atom is 0.226 e. The molecule has 0 aliphatic carbocycles. The van der Waals surface area contributed by atoms with Gasteiger partial charge in [-0.2, -0.15) is 9.97 Å². The average Bonchev–Trinajstić information content (AvgIpc) is 3.41. The highest BCUT2D eigenvalue weighted by molar-refractivity contribution is 7.25. The Morgan fingerprint density at radius 3 is 2.39 bits per heavy atom. The molecular weight excluding hydrogens is 452 g/mol. The van der Waals surface area contributed by atoms with Gasteiger partial charge in [0, 0.05) is 36.5 Å². The molecule has 0 bridgehead atoms. The van der Waals surface area contributed by atoms with Crippen LogP contribution in [0.25, 0.3) is 65.0 Å². The number of benzene rings is 3. The second kappa shape index (κ2) is 7.07. The number of furan rings is 1. The van der Waals surface area contributed by atoms with Gasteiger partial charge >= 0.3 is 0 Å². The van der Waals surface area contributed by atoms with Gasteiger partial charge in [-0.05, 0) is 35.9 Å². The molecule has 0 unspecified atom stereocenters. The summed E-state index contributed by atoms with van der Waals surface area (Å²) in [6.07, 6.45) is 1.70. The molecule has 0 aliphatic rings. The summed E-state index contributed by atoms with van der Waals surface area (Å²) in [6, 6.07) is 24.5. The van der Waals surface area contributed by atoms with E-state index in [4.69, 9.17) is 21.0 Å². The molecular formula is C26H13ClN4OS. The summed E-state index contributed by atoms with van der Waals surface area (Å²) in [5.41, 5.74) is 3.03. The molecule has 0 amide bonds. The molecule has 0 saturated carbocycles. The van der Waals surface area contributed by atoms with Crippen molar-refractivity contribution in [2.45, 2.75) is 0 Å². The average molecular weight is 465 g/mol. The van der Waals surface area contributed by atoms with Gasteiger partial charge in [-0.3, -0.25) is 0 Å². The first-order valence-corrected chi connectivity index (χ1v) is 11.5. The summed E-state index contributed by atoms with van der Waals surface area (Å²) in [7, 11) is 0. The molecule has 0 spiro atoms. The van der Waals surface area contributed by atoms with Crippen LogP contribution in [0.4, 0.5) is 0 Å². The van der Waals surface area contributed by atoms with Gasteiger partial charge in [-0.25, -0.2) is 9.97 Å². The fourth-order valence-electron chi connectivity index (χ4n) is 4.21. The zero-order valence-electron chi connectivity index (χ0n) is 17.0. The Labute approximate surface area is 196 Å². The Morgan fingerprint density at radius 2 is 1.45 bits per heavy atom. The maximum atomic E-state index is 6.32. The lowest BCUT2D eigenvalue weighted by atomic mass is 10.1. The first-order chi connectivity index (χ1) is 16.2. The van der Waals surface area contributed by atoms with Crippen molar-refractivity contribution in [3.8, 4) is 22.9 Å². The van der Waals surface area contributed by atoms with Crippen LogP contribution in [0.2, 0.25) is 5.28 Å². The molecule has 4 heterocycles. The predicted octanol–water partition coefficient (Wildman–Crippen LogP) is 7.52. The topological polar surface area (TPSA) is 64.7 Å². The lowest BCUT2D eigenvalue weighted by molar-refractivity contribution is 0.667. The molecule has 33 heavy (non-hydrogen) atoms. The van der Waals surface area contributed by atoms with Crippen LogP contribution in [0.15, 0.2) is 83.4 Å². The van der Waals surface area contributed by atoms with Crippen molar-refractivity contribution >= 4 is 65.0 Å². The number of thiophene rings is 1. The van der Waals surface area contributed by atoms with Crippen LogP contribution in [-0.2, 0) is 0 Å². The highest BCUT2D eigenvalue weighted by atomic mass is 35.5. The molecule has 0 atom stereocenters. The van der Waals surface area contributed by atoms with E-state index in [-0.39, 0.29) is 5.28 Å². The van der Waals surface area contributed by atoms with Crippen LogP contribution in [-0.4, -0.2) is 19.9 Å². The molecule has 0 fully saturated rings. The van der Waals surface area contributed by atoms with Gasteiger partial charge < -0.3 is 4.42 Å². The Bertz CT molecular complexity index is 1860. The number of hydrogen-bond donors (Lipinski definition) is 0. The molecule has 0 aliphatic heterocycles. The number of nitrogens with zero attached hydrogens (tertiary/aromatic N) is 4. The van der Waals surface area contributed by atoms with Crippen molar-refractivity contribution in [1.82, 2.24) is 19.9 Å². The molecule has 3 aromatic carbocycles. The van der Waals surface area contributed by atoms with Crippen LogP contribution >= 0.6 is 22.9 Å². The zero-order valence-corrected chi connectivity index (χ0v) is 18.6. The summed E-state index contributed by atoms with van der Waals surface area (Å²) in [4.78, 5) is 18.0. The predicted molar refractivity (Wildman–Crippen MR) is 134 cm³/mol. The van der Waals surface area contributed by atoms with Crippen molar-refractivity contribution in [2.75, 3.05) is 0 Å². The molecule has 4 aromatic heterocycles. The van der Waals surface area contributed by atoms with E-state index < -0.39 is 0 Å². The lowest BCUT2D eigenvalue weighted by Crippen LogP contribution is -1.98. The van der Waals surface area contributed by atoms with Crippen LogP contribution in [0.3, 0.4) is 0 Å². The number of fused-ring (bicyclic) bond motifs is 6. The minimum atomic E-state index is 0.130. The summed E-state index contributed by atoms with van der Waals surface area (Å²) < 4.78 is 8.32. The zero-order chi connectivity index (χ0) is 21.9. The monoisotopic (exact) mass is 464 g/mol. The Balaban J connectivity index is 1.38. The second-order valence-electron chi connectivity index (χ2n) is 7.72. The number of hydrogen-bond acceptors (Lipinski definition) is 6. The van der Waals surface area contributed by atoms with E-state index in [0.29, 0.717) is 17.3 Å². The largest absolute Gasteiger partial charge is 0.454 e. The van der Waals surface area contributed by atoms with E-state index in [0.717, 1.165) is 27.5 Å². The van der Waals surface area contributed by atoms with Crippen LogP contribution in [0, 0.1) is 0 Å². The fourth-order valence-corrected chi connectivity index (χ4v) is 5.52. The van der Waals surface area contributed by atoms with Gasteiger partial charge in [0.25, 0.3) is 0 Å². The highest BCUT2D eigenvalue weighted by Crippen LogP contribution is 2.36. The van der Waals surface area contributed by atoms with E-state index in [1.54, 1.807) is 17.5 Å². The molecule has 7 rings (SSSR count). The van der Waals surface area contributed by atoms with Crippen molar-refractivity contribution < 1.29 is 4.42 Å². The minimum absolute atomic E-state index is 0.130. The molecule has 0 N–H and O–H groups in total. The number of halogens is 1. The van der Waals surface area contributed by atoms with E-state index in [9.17, 15) is 0 Å². The van der Waals surface area contributed by atoms with Crippen molar-refractivity contribution in [1.29, 1.82) is 0 Å². The van der Waals surface area contributed by atoms with Gasteiger partial charge in [-0.15, -0.1) is 11.3 Å². The van der Waals surface area contributed by atoms with E-state index in [1.807, 2.05) is 36.4 Å². The van der Waals surface area contributed by atoms with Crippen LogP contribution in [0.5, 0.6) is 0 Å². The van der Waals surface area contributed by atoms with Crippen molar-refractivity contribution in [3.63, 3.8) is 0 Å². The van der Waals surface area contributed by atoms with Crippen LogP contribution < -0.4 is 0 Å². The first-order valence-electron chi connectivity index (χ1n) is 10.3. The van der Waals surface area contributed by atoms with Gasteiger partial charge in [0.1, 0.15) is 11.3 Å². The van der Waals surface area contributed by atoms with E-state index in [2.05, 4.69) is 51.4 Å². The first kappa shape index (κ1) is 18.7. The Morgan fingerprint density at radius 1 is 0.667 bits per heavy atom. The minimum Gasteiger partial charge on any atom is -0.454 e. The molecule has 7 heteroatoms. The molecule has 5 nitrogen and oxygen atoms in total. The van der Waals surface area contributed by atoms with Crippen molar-refractivity contribution in [2.24, 2.45) is 0 Å². The smallest absolute Gasteiger partial charge is 0.226 e. The van der Waals surface area contributed by atoms with E-state index >= 15 is 0 Å².